The summed E-state index contributed by atoms with van der Waals surface area (Å²) in [4.78, 5) is 27.0. The molecule has 0 unspecified atom stereocenters. The van der Waals surface area contributed by atoms with Crippen LogP contribution in [0.4, 0.5) is 0 Å². The second-order valence-electron chi connectivity index (χ2n) is 8.74. The molecule has 196 valence electrons. The van der Waals surface area contributed by atoms with Gasteiger partial charge in [-0.2, -0.15) is 5.26 Å². The van der Waals surface area contributed by atoms with Gasteiger partial charge in [-0.05, 0) is 18.2 Å². The predicted octanol–water partition coefficient (Wildman–Crippen LogP) is 4.51. The van der Waals surface area contributed by atoms with Crippen molar-refractivity contribution in [2.75, 3.05) is 34.4 Å². The first-order chi connectivity index (χ1) is 18.0. The number of furan rings is 1. The Morgan fingerprint density at radius 2 is 1.89 bits per heavy atom. The number of methoxy groups -OCH3 is 1. The molecule has 1 fully saturated rings. The minimum atomic E-state index is -0.234. The Kier molecular flexibility index (Phi) is 8.10. The summed E-state index contributed by atoms with van der Waals surface area (Å²) in [5, 5.41) is 9.74. The molecule has 4 aromatic rings. The molecule has 1 saturated heterocycles. The van der Waals surface area contributed by atoms with Crippen molar-refractivity contribution in [3.63, 3.8) is 0 Å². The van der Waals surface area contributed by atoms with E-state index in [4.69, 9.17) is 18.6 Å². The summed E-state index contributed by atoms with van der Waals surface area (Å²) < 4.78 is 23.2. The van der Waals surface area contributed by atoms with Gasteiger partial charge in [0.2, 0.25) is 0 Å². The molecule has 0 spiro atoms. The number of nitriles is 1. The van der Waals surface area contributed by atoms with Crippen LogP contribution in [0, 0.1) is 11.3 Å². The molecule has 11 heteroatoms. The highest BCUT2D eigenvalue weighted by atomic mass is 35.5. The van der Waals surface area contributed by atoms with Crippen LogP contribution in [-0.2, 0) is 4.74 Å². The number of ether oxygens (including phenoxy) is 3. The molecule has 4 aromatic heterocycles. The molecule has 1 aliphatic heterocycles. The van der Waals surface area contributed by atoms with E-state index >= 15 is 0 Å². The summed E-state index contributed by atoms with van der Waals surface area (Å²) in [6, 6.07) is 10.9. The number of fused-ring (bicyclic) bond motifs is 1. The van der Waals surface area contributed by atoms with Crippen LogP contribution in [0.2, 0.25) is 0 Å². The minimum Gasteiger partial charge on any atom is -0.496 e. The standard InChI is InChI=1S/C27H25N5O5.ClH/c1-32(2)27(33)21-13-24(34-3)18(15-30-21)25-12-20-26(37-25)17(6-9-29-20)19-4-5-23(22(14-28)31-19)36-16-7-10-35-11-8-16;/h4-6,9,12-13,15-16H,7-8,10-11H2,1-3H3;1H. The molecule has 0 radical (unpaired) electrons. The first-order valence-corrected chi connectivity index (χ1v) is 11.8. The van der Waals surface area contributed by atoms with E-state index in [1.807, 2.05) is 0 Å². The quantitative estimate of drug-likeness (QED) is 0.350. The minimum absolute atomic E-state index is 0. The fourth-order valence-electron chi connectivity index (χ4n) is 4.15. The van der Waals surface area contributed by atoms with Gasteiger partial charge in [0.15, 0.2) is 17.0 Å². The summed E-state index contributed by atoms with van der Waals surface area (Å²) in [5.74, 6) is 1.14. The number of hydrogen-bond donors (Lipinski definition) is 0. The van der Waals surface area contributed by atoms with Crippen LogP contribution in [0.15, 0.2) is 47.1 Å². The molecule has 0 aliphatic carbocycles. The number of halogens is 1. The van der Waals surface area contributed by atoms with Crippen LogP contribution < -0.4 is 9.47 Å². The summed E-state index contributed by atoms with van der Waals surface area (Å²) >= 11 is 0. The average molecular weight is 536 g/mol. The van der Waals surface area contributed by atoms with Gasteiger partial charge in [0.25, 0.3) is 5.91 Å². The second-order valence-corrected chi connectivity index (χ2v) is 8.74. The Morgan fingerprint density at radius 3 is 2.61 bits per heavy atom. The maximum atomic E-state index is 12.3. The number of pyridine rings is 3. The fourth-order valence-corrected chi connectivity index (χ4v) is 4.15. The van der Waals surface area contributed by atoms with Crippen molar-refractivity contribution in [3.05, 3.63) is 54.1 Å². The van der Waals surface area contributed by atoms with E-state index in [0.717, 1.165) is 12.8 Å². The van der Waals surface area contributed by atoms with Crippen LogP contribution >= 0.6 is 12.4 Å². The van der Waals surface area contributed by atoms with Crippen molar-refractivity contribution < 1.29 is 23.4 Å². The maximum absolute atomic E-state index is 12.3. The molecule has 1 amide bonds. The van der Waals surface area contributed by atoms with Gasteiger partial charge in [-0.25, -0.2) is 4.98 Å². The van der Waals surface area contributed by atoms with Crippen molar-refractivity contribution in [1.82, 2.24) is 19.9 Å². The molecule has 0 aromatic carbocycles. The molecular formula is C27H26ClN5O5. The Morgan fingerprint density at radius 1 is 1.11 bits per heavy atom. The third-order valence-electron chi connectivity index (χ3n) is 6.09. The van der Waals surface area contributed by atoms with Gasteiger partial charge in [-0.15, -0.1) is 12.4 Å². The first-order valence-electron chi connectivity index (χ1n) is 11.8. The van der Waals surface area contributed by atoms with Crippen LogP contribution in [0.3, 0.4) is 0 Å². The molecule has 0 bridgehead atoms. The summed E-state index contributed by atoms with van der Waals surface area (Å²) in [5.41, 5.74) is 3.38. The number of rotatable bonds is 6. The van der Waals surface area contributed by atoms with Crippen LogP contribution in [-0.4, -0.2) is 66.3 Å². The Bertz CT molecular complexity index is 1510. The van der Waals surface area contributed by atoms with Crippen molar-refractivity contribution in [1.29, 1.82) is 5.26 Å². The molecule has 0 saturated carbocycles. The zero-order valence-corrected chi connectivity index (χ0v) is 21.9. The molecule has 0 atom stereocenters. The van der Waals surface area contributed by atoms with Crippen molar-refractivity contribution >= 4 is 29.4 Å². The lowest BCUT2D eigenvalue weighted by atomic mass is 10.1. The summed E-state index contributed by atoms with van der Waals surface area (Å²) in [6.07, 6.45) is 4.74. The Labute approximate surface area is 225 Å². The van der Waals surface area contributed by atoms with Gasteiger partial charge in [0.1, 0.15) is 34.9 Å². The molecule has 1 aliphatic rings. The van der Waals surface area contributed by atoms with Crippen molar-refractivity contribution in [3.8, 4) is 40.1 Å². The normalized spacial score (nSPS) is 13.4. The third-order valence-corrected chi connectivity index (χ3v) is 6.09. The topological polar surface area (TPSA) is 124 Å². The van der Waals surface area contributed by atoms with Crippen molar-refractivity contribution in [2.24, 2.45) is 0 Å². The number of nitrogens with zero attached hydrogens (tertiary/aromatic N) is 5. The lowest BCUT2D eigenvalue weighted by Crippen LogP contribution is -2.26. The van der Waals surface area contributed by atoms with Gasteiger partial charge < -0.3 is 23.5 Å². The fraction of sp³-hybridized carbons (Fsp3) is 0.296. The molecule has 5 rings (SSSR count). The van der Waals surface area contributed by atoms with E-state index in [9.17, 15) is 10.1 Å². The zero-order chi connectivity index (χ0) is 25.9. The Balaban J connectivity index is 0.00000336. The second kappa shape index (κ2) is 11.5. The van der Waals surface area contributed by atoms with Crippen molar-refractivity contribution in [2.45, 2.75) is 18.9 Å². The Hall–Kier alpha value is -4.20. The zero-order valence-electron chi connectivity index (χ0n) is 21.1. The van der Waals surface area contributed by atoms with Gasteiger partial charge in [0.05, 0.1) is 31.6 Å². The van der Waals surface area contributed by atoms with E-state index in [1.165, 1.54) is 12.0 Å². The largest absolute Gasteiger partial charge is 0.496 e. The smallest absolute Gasteiger partial charge is 0.272 e. The SMILES string of the molecule is COc1cc(C(=O)N(C)C)ncc1-c1cc2nccc(-c3ccc(OC4CCOCC4)c(C#N)n3)c2o1.Cl. The lowest BCUT2D eigenvalue weighted by Gasteiger charge is -2.23. The predicted molar refractivity (Wildman–Crippen MR) is 141 cm³/mol. The van der Waals surface area contributed by atoms with Gasteiger partial charge in [0, 0.05) is 57.0 Å². The van der Waals surface area contributed by atoms with Crippen LogP contribution in [0.1, 0.15) is 29.0 Å². The molecule has 38 heavy (non-hydrogen) atoms. The van der Waals surface area contributed by atoms with Gasteiger partial charge in [-0.1, -0.05) is 0 Å². The number of hydrogen-bond acceptors (Lipinski definition) is 9. The number of carbonyl (C=O) groups is 1. The van der Waals surface area contributed by atoms with E-state index in [-0.39, 0.29) is 35.8 Å². The average Bonchev–Trinajstić information content (AvgIpc) is 3.37. The van der Waals surface area contributed by atoms with E-state index in [0.29, 0.717) is 58.4 Å². The van der Waals surface area contributed by atoms with E-state index in [2.05, 4.69) is 21.0 Å². The van der Waals surface area contributed by atoms with Crippen LogP contribution in [0.5, 0.6) is 11.5 Å². The van der Waals surface area contributed by atoms with Gasteiger partial charge >= 0.3 is 0 Å². The summed E-state index contributed by atoms with van der Waals surface area (Å²) in [6.45, 7) is 1.28. The maximum Gasteiger partial charge on any atom is 0.272 e. The van der Waals surface area contributed by atoms with Crippen LogP contribution in [0.25, 0.3) is 33.7 Å². The monoisotopic (exact) mass is 535 g/mol. The lowest BCUT2D eigenvalue weighted by molar-refractivity contribution is 0.0253. The van der Waals surface area contributed by atoms with E-state index < -0.39 is 0 Å². The third kappa shape index (κ3) is 5.25. The molecular weight excluding hydrogens is 510 g/mol. The number of carbonyl (C=O) groups excluding carboxylic acids is 1. The highest BCUT2D eigenvalue weighted by molar-refractivity contribution is 5.94. The highest BCUT2D eigenvalue weighted by Gasteiger charge is 2.21. The van der Waals surface area contributed by atoms with Gasteiger partial charge in [-0.3, -0.25) is 14.8 Å². The summed E-state index contributed by atoms with van der Waals surface area (Å²) in [7, 11) is 4.84. The van der Waals surface area contributed by atoms with E-state index in [1.54, 1.807) is 56.8 Å². The molecule has 5 heterocycles. The molecule has 0 N–H and O–H groups in total. The number of aromatic nitrogens is 3. The highest BCUT2D eigenvalue weighted by Crippen LogP contribution is 2.37. The molecule has 10 nitrogen and oxygen atoms in total. The number of amides is 1. The first kappa shape index (κ1) is 26.9.